The predicted octanol–water partition coefficient (Wildman–Crippen LogP) is 8.29. The molecule has 0 fully saturated rings. The lowest BCUT2D eigenvalue weighted by molar-refractivity contribution is 1.21. The standard InChI is InChI=1S/C19H12Br4N4/c20-14-11-15(21)17(23)18(16(14)22)25-27-19(12-7-3-1-4-8-12)26-24-13-9-5-2-6-10-13/h1-11,24H/b26-19-,27-25?. The molecule has 27 heavy (non-hydrogen) atoms. The molecule has 0 spiro atoms. The highest BCUT2D eigenvalue weighted by molar-refractivity contribution is 9.14. The molecule has 0 saturated carbocycles. The van der Waals surface area contributed by atoms with Gasteiger partial charge in [0.05, 0.1) is 14.6 Å². The van der Waals surface area contributed by atoms with Gasteiger partial charge in [-0.25, -0.2) is 0 Å². The Morgan fingerprint density at radius 3 is 1.89 bits per heavy atom. The minimum absolute atomic E-state index is 0.467. The van der Waals surface area contributed by atoms with Crippen LogP contribution < -0.4 is 5.43 Å². The van der Waals surface area contributed by atoms with Gasteiger partial charge in [-0.3, -0.25) is 5.43 Å². The second-order valence-corrected chi connectivity index (χ2v) is 8.59. The van der Waals surface area contributed by atoms with Gasteiger partial charge in [-0.2, -0.15) is 5.10 Å². The predicted molar refractivity (Wildman–Crippen MR) is 125 cm³/mol. The van der Waals surface area contributed by atoms with Crippen LogP contribution >= 0.6 is 63.7 Å². The summed E-state index contributed by atoms with van der Waals surface area (Å²) < 4.78 is 3.33. The third-order valence-corrected chi connectivity index (χ3v) is 7.35. The Bertz CT molecular complexity index is 963. The lowest BCUT2D eigenvalue weighted by atomic mass is 10.2. The Kier molecular flexibility index (Phi) is 7.34. The maximum Gasteiger partial charge on any atom is 0.201 e. The molecule has 0 aliphatic rings. The molecule has 0 amide bonds. The second-order valence-electron chi connectivity index (χ2n) is 5.30. The average molecular weight is 616 g/mol. The molecule has 3 rings (SSSR count). The highest BCUT2D eigenvalue weighted by Crippen LogP contribution is 2.43. The van der Waals surface area contributed by atoms with Crippen molar-refractivity contribution in [2.45, 2.75) is 0 Å². The van der Waals surface area contributed by atoms with Crippen LogP contribution in [0, 0.1) is 0 Å². The highest BCUT2D eigenvalue weighted by Gasteiger charge is 2.13. The number of amidine groups is 1. The van der Waals surface area contributed by atoms with Gasteiger partial charge in [0.15, 0.2) is 0 Å². The molecule has 0 saturated heterocycles. The van der Waals surface area contributed by atoms with Gasteiger partial charge in [-0.1, -0.05) is 48.5 Å². The minimum Gasteiger partial charge on any atom is -0.276 e. The SMILES string of the molecule is Brc1cc(Br)c(Br)c(N=N/C(=N\Nc2ccccc2)c2ccccc2)c1Br. The van der Waals surface area contributed by atoms with E-state index in [0.29, 0.717) is 11.5 Å². The lowest BCUT2D eigenvalue weighted by Gasteiger charge is -2.07. The third kappa shape index (κ3) is 5.34. The molecule has 0 aliphatic heterocycles. The largest absolute Gasteiger partial charge is 0.276 e. The fraction of sp³-hybridized carbons (Fsp3) is 0. The van der Waals surface area contributed by atoms with Crippen LogP contribution in [0.1, 0.15) is 5.56 Å². The van der Waals surface area contributed by atoms with Gasteiger partial charge in [0.1, 0.15) is 5.69 Å². The Morgan fingerprint density at radius 2 is 1.30 bits per heavy atom. The number of para-hydroxylation sites is 1. The second kappa shape index (κ2) is 9.73. The summed E-state index contributed by atoms with van der Waals surface area (Å²) >= 11 is 14.1. The van der Waals surface area contributed by atoms with Crippen molar-refractivity contribution in [3.05, 3.63) is 90.2 Å². The van der Waals surface area contributed by atoms with E-state index in [0.717, 1.165) is 29.1 Å². The average Bonchev–Trinajstić information content (AvgIpc) is 2.70. The van der Waals surface area contributed by atoms with Crippen LogP contribution in [0.2, 0.25) is 0 Å². The smallest absolute Gasteiger partial charge is 0.201 e. The van der Waals surface area contributed by atoms with Crippen molar-refractivity contribution in [2.24, 2.45) is 15.3 Å². The van der Waals surface area contributed by atoms with Crippen molar-refractivity contribution >= 4 is 80.9 Å². The fourth-order valence-electron chi connectivity index (χ4n) is 2.11. The minimum atomic E-state index is 0.467. The molecule has 136 valence electrons. The van der Waals surface area contributed by atoms with Gasteiger partial charge < -0.3 is 0 Å². The summed E-state index contributed by atoms with van der Waals surface area (Å²) in [6, 6.07) is 21.3. The molecule has 4 nitrogen and oxygen atoms in total. The van der Waals surface area contributed by atoms with Gasteiger partial charge in [0, 0.05) is 14.5 Å². The summed E-state index contributed by atoms with van der Waals surface area (Å²) in [6.45, 7) is 0. The van der Waals surface area contributed by atoms with Crippen LogP contribution in [0.3, 0.4) is 0 Å². The Labute approximate surface area is 190 Å². The van der Waals surface area contributed by atoms with E-state index in [1.165, 1.54) is 0 Å². The summed E-state index contributed by atoms with van der Waals surface area (Å²) in [4.78, 5) is 0. The fourth-order valence-corrected chi connectivity index (χ4v) is 4.30. The number of hydrazone groups is 1. The molecule has 0 aliphatic carbocycles. The summed E-state index contributed by atoms with van der Waals surface area (Å²) in [7, 11) is 0. The first kappa shape index (κ1) is 20.4. The van der Waals surface area contributed by atoms with Crippen LogP contribution in [-0.4, -0.2) is 5.84 Å². The zero-order valence-corrected chi connectivity index (χ0v) is 20.0. The van der Waals surface area contributed by atoms with Gasteiger partial charge in [0.2, 0.25) is 5.84 Å². The van der Waals surface area contributed by atoms with Gasteiger partial charge in [-0.15, -0.1) is 10.2 Å². The zero-order valence-electron chi connectivity index (χ0n) is 13.7. The zero-order chi connectivity index (χ0) is 19.2. The Morgan fingerprint density at radius 1 is 0.741 bits per heavy atom. The van der Waals surface area contributed by atoms with Gasteiger partial charge in [0.25, 0.3) is 0 Å². The molecule has 0 unspecified atom stereocenters. The van der Waals surface area contributed by atoms with Crippen molar-refractivity contribution in [1.82, 2.24) is 0 Å². The van der Waals surface area contributed by atoms with Crippen LogP contribution in [0.15, 0.2) is 100.0 Å². The maximum absolute atomic E-state index is 4.44. The van der Waals surface area contributed by atoms with Crippen molar-refractivity contribution in [1.29, 1.82) is 0 Å². The monoisotopic (exact) mass is 612 g/mol. The number of rotatable bonds is 4. The molecule has 0 atom stereocenters. The van der Waals surface area contributed by atoms with E-state index in [1.54, 1.807) is 0 Å². The Balaban J connectivity index is 1.99. The molecule has 8 heteroatoms. The number of halogens is 4. The number of anilines is 1. The van der Waals surface area contributed by atoms with Gasteiger partial charge >= 0.3 is 0 Å². The number of azo groups is 1. The molecule has 3 aromatic carbocycles. The third-order valence-electron chi connectivity index (χ3n) is 3.43. The number of benzene rings is 3. The summed E-state index contributed by atoms with van der Waals surface area (Å²) in [5.74, 6) is 0.467. The number of nitrogens with one attached hydrogen (secondary N) is 1. The molecule has 0 radical (unpaired) electrons. The number of hydrogen-bond acceptors (Lipinski definition) is 3. The quantitative estimate of drug-likeness (QED) is 0.104. The van der Waals surface area contributed by atoms with Gasteiger partial charge in [-0.05, 0) is 81.9 Å². The van der Waals surface area contributed by atoms with E-state index in [9.17, 15) is 0 Å². The molecule has 3 aromatic rings. The summed E-state index contributed by atoms with van der Waals surface area (Å²) in [6.07, 6.45) is 0. The van der Waals surface area contributed by atoms with E-state index >= 15 is 0 Å². The molecular formula is C19H12Br4N4. The first-order valence-electron chi connectivity index (χ1n) is 7.75. The first-order valence-corrected chi connectivity index (χ1v) is 10.9. The van der Waals surface area contributed by atoms with E-state index < -0.39 is 0 Å². The lowest BCUT2D eigenvalue weighted by Crippen LogP contribution is -2.01. The van der Waals surface area contributed by atoms with Crippen LogP contribution in [0.25, 0.3) is 0 Å². The maximum atomic E-state index is 4.44. The van der Waals surface area contributed by atoms with E-state index in [1.807, 2.05) is 66.7 Å². The summed E-state index contributed by atoms with van der Waals surface area (Å²) in [5, 5.41) is 13.2. The van der Waals surface area contributed by atoms with Crippen LogP contribution in [-0.2, 0) is 0 Å². The molecular weight excluding hydrogens is 604 g/mol. The number of nitrogens with zero attached hydrogens (tertiary/aromatic N) is 3. The number of hydrogen-bond donors (Lipinski definition) is 1. The summed E-state index contributed by atoms with van der Waals surface area (Å²) in [5.41, 5.74) is 5.40. The Hall–Kier alpha value is -1.35. The van der Waals surface area contributed by atoms with Crippen molar-refractivity contribution in [3.8, 4) is 0 Å². The molecule has 1 N–H and O–H groups in total. The molecule has 0 heterocycles. The first-order chi connectivity index (χ1) is 13.1. The van der Waals surface area contributed by atoms with Crippen LogP contribution in [0.4, 0.5) is 11.4 Å². The highest BCUT2D eigenvalue weighted by atomic mass is 79.9. The van der Waals surface area contributed by atoms with Crippen molar-refractivity contribution in [3.63, 3.8) is 0 Å². The van der Waals surface area contributed by atoms with E-state index in [4.69, 9.17) is 0 Å². The van der Waals surface area contributed by atoms with Crippen molar-refractivity contribution in [2.75, 3.05) is 5.43 Å². The van der Waals surface area contributed by atoms with E-state index in [-0.39, 0.29) is 0 Å². The normalized spacial score (nSPS) is 11.8. The van der Waals surface area contributed by atoms with Crippen LogP contribution in [0.5, 0.6) is 0 Å². The molecule has 0 bridgehead atoms. The topological polar surface area (TPSA) is 49.1 Å². The van der Waals surface area contributed by atoms with Crippen molar-refractivity contribution < 1.29 is 0 Å². The molecule has 0 aromatic heterocycles. The van der Waals surface area contributed by atoms with E-state index in [2.05, 4.69) is 84.5 Å².